The molecule has 0 spiro atoms. The van der Waals surface area contributed by atoms with E-state index in [0.29, 0.717) is 23.1 Å². The maximum atomic E-state index is 13.3. The van der Waals surface area contributed by atoms with Gasteiger partial charge in [0.25, 0.3) is 0 Å². The summed E-state index contributed by atoms with van der Waals surface area (Å²) >= 11 is 12.7. The fourth-order valence-electron chi connectivity index (χ4n) is 4.23. The van der Waals surface area contributed by atoms with Crippen molar-refractivity contribution in [1.29, 1.82) is 0 Å². The second-order valence-corrected chi connectivity index (χ2v) is 8.85. The first-order valence-corrected chi connectivity index (χ1v) is 11.4. The largest absolute Gasteiger partial charge is 0.345 e. The van der Waals surface area contributed by atoms with Gasteiger partial charge >= 0.3 is 0 Å². The van der Waals surface area contributed by atoms with Gasteiger partial charge < -0.3 is 5.32 Å². The van der Waals surface area contributed by atoms with E-state index in [-0.39, 0.29) is 17.9 Å². The van der Waals surface area contributed by atoms with Crippen LogP contribution in [0.1, 0.15) is 35.6 Å². The van der Waals surface area contributed by atoms with Gasteiger partial charge in [0.15, 0.2) is 0 Å². The average Bonchev–Trinajstić information content (AvgIpc) is 2.81. The van der Waals surface area contributed by atoms with Crippen molar-refractivity contribution < 1.29 is 4.79 Å². The highest BCUT2D eigenvalue weighted by Crippen LogP contribution is 2.28. The Bertz CT molecular complexity index is 951. The Hall–Kier alpha value is -2.33. The predicted molar refractivity (Wildman–Crippen MR) is 127 cm³/mol. The number of halogens is 2. The molecule has 1 atom stereocenters. The van der Waals surface area contributed by atoms with Crippen molar-refractivity contribution in [3.63, 3.8) is 0 Å². The molecule has 3 aromatic rings. The SMILES string of the molecule is O=C(NC(c1ccccc1)c1ccccc1)[C@@H]1CCCN(Cc2c(Cl)cccc2Cl)C1. The van der Waals surface area contributed by atoms with Gasteiger partial charge in [-0.25, -0.2) is 0 Å². The van der Waals surface area contributed by atoms with E-state index in [9.17, 15) is 4.79 Å². The Morgan fingerprint density at radius 3 is 2.06 bits per heavy atom. The van der Waals surface area contributed by atoms with E-state index in [4.69, 9.17) is 23.2 Å². The summed E-state index contributed by atoms with van der Waals surface area (Å²) in [4.78, 5) is 15.6. The maximum absolute atomic E-state index is 13.3. The first kappa shape index (κ1) is 21.9. The van der Waals surface area contributed by atoms with E-state index in [1.165, 1.54) is 0 Å². The van der Waals surface area contributed by atoms with Crippen molar-refractivity contribution >= 4 is 29.1 Å². The van der Waals surface area contributed by atoms with E-state index >= 15 is 0 Å². The minimum absolute atomic E-state index is 0.0649. The van der Waals surface area contributed by atoms with Crippen molar-refractivity contribution in [3.8, 4) is 0 Å². The molecular formula is C26H26Cl2N2O. The lowest BCUT2D eigenvalue weighted by atomic mass is 9.94. The second-order valence-electron chi connectivity index (χ2n) is 8.04. The number of amides is 1. The minimum Gasteiger partial charge on any atom is -0.345 e. The fraction of sp³-hybridized carbons (Fsp3) is 0.269. The van der Waals surface area contributed by atoms with E-state index in [1.54, 1.807) is 0 Å². The predicted octanol–water partition coefficient (Wildman–Crippen LogP) is 6.11. The summed E-state index contributed by atoms with van der Waals surface area (Å²) in [6, 6.07) is 25.7. The molecule has 1 heterocycles. The van der Waals surface area contributed by atoms with Crippen molar-refractivity contribution in [1.82, 2.24) is 10.2 Å². The average molecular weight is 453 g/mol. The van der Waals surface area contributed by atoms with Crippen LogP contribution >= 0.6 is 23.2 Å². The van der Waals surface area contributed by atoms with Crippen LogP contribution in [0.3, 0.4) is 0 Å². The molecule has 0 aliphatic carbocycles. The first-order valence-electron chi connectivity index (χ1n) is 10.7. The number of nitrogens with zero attached hydrogens (tertiary/aromatic N) is 1. The zero-order chi connectivity index (χ0) is 21.6. The van der Waals surface area contributed by atoms with Crippen LogP contribution in [-0.2, 0) is 11.3 Å². The molecule has 0 aromatic heterocycles. The van der Waals surface area contributed by atoms with Gasteiger partial charge in [0.2, 0.25) is 5.91 Å². The van der Waals surface area contributed by atoms with Crippen LogP contribution in [0.4, 0.5) is 0 Å². The van der Waals surface area contributed by atoms with Crippen LogP contribution < -0.4 is 5.32 Å². The Morgan fingerprint density at radius 2 is 1.48 bits per heavy atom. The number of benzene rings is 3. The van der Waals surface area contributed by atoms with Crippen molar-refractivity contribution in [2.45, 2.75) is 25.4 Å². The molecule has 1 aliphatic rings. The summed E-state index contributed by atoms with van der Waals surface area (Å²) in [6.07, 6.45) is 1.86. The molecule has 0 saturated carbocycles. The lowest BCUT2D eigenvalue weighted by Crippen LogP contribution is -2.43. The van der Waals surface area contributed by atoms with Gasteiger partial charge in [-0.15, -0.1) is 0 Å². The Morgan fingerprint density at radius 1 is 0.903 bits per heavy atom. The number of carbonyl (C=O) groups is 1. The van der Waals surface area contributed by atoms with Crippen LogP contribution in [0, 0.1) is 5.92 Å². The summed E-state index contributed by atoms with van der Waals surface area (Å²) in [5.41, 5.74) is 3.09. The first-order chi connectivity index (χ1) is 15.1. The lowest BCUT2D eigenvalue weighted by Gasteiger charge is -2.33. The molecule has 3 aromatic carbocycles. The Labute approximate surface area is 194 Å². The molecule has 31 heavy (non-hydrogen) atoms. The molecule has 3 nitrogen and oxygen atoms in total. The lowest BCUT2D eigenvalue weighted by molar-refractivity contribution is -0.127. The highest BCUT2D eigenvalue weighted by molar-refractivity contribution is 6.35. The van der Waals surface area contributed by atoms with Gasteiger partial charge in [0, 0.05) is 28.7 Å². The summed E-state index contributed by atoms with van der Waals surface area (Å²) in [6.45, 7) is 2.29. The standard InChI is InChI=1S/C26H26Cl2N2O/c27-23-14-7-15-24(28)22(23)18-30-16-8-13-21(17-30)26(31)29-25(19-9-3-1-4-10-19)20-11-5-2-6-12-20/h1-7,9-12,14-15,21,25H,8,13,16-18H2,(H,29,31)/t21-/m1/s1. The van der Waals surface area contributed by atoms with Gasteiger partial charge in [-0.2, -0.15) is 0 Å². The van der Waals surface area contributed by atoms with Gasteiger partial charge in [0.1, 0.15) is 0 Å². The maximum Gasteiger partial charge on any atom is 0.225 e. The smallest absolute Gasteiger partial charge is 0.225 e. The second kappa shape index (κ2) is 10.3. The zero-order valence-electron chi connectivity index (χ0n) is 17.3. The number of carbonyl (C=O) groups excluding carboxylic acids is 1. The fourth-order valence-corrected chi connectivity index (χ4v) is 4.75. The topological polar surface area (TPSA) is 32.3 Å². The molecular weight excluding hydrogens is 427 g/mol. The molecule has 5 heteroatoms. The summed E-state index contributed by atoms with van der Waals surface area (Å²) in [7, 11) is 0. The van der Waals surface area contributed by atoms with E-state index in [2.05, 4.69) is 34.5 Å². The summed E-state index contributed by atoms with van der Waals surface area (Å²) in [5.74, 6) is 0.0256. The number of hydrogen-bond acceptors (Lipinski definition) is 2. The third-order valence-electron chi connectivity index (χ3n) is 5.87. The molecule has 1 amide bonds. The zero-order valence-corrected chi connectivity index (χ0v) is 18.8. The third kappa shape index (κ3) is 5.48. The molecule has 1 aliphatic heterocycles. The van der Waals surface area contributed by atoms with Crippen LogP contribution in [0.15, 0.2) is 78.9 Å². The van der Waals surface area contributed by atoms with Gasteiger partial charge in [-0.3, -0.25) is 9.69 Å². The molecule has 0 radical (unpaired) electrons. The summed E-state index contributed by atoms with van der Waals surface area (Å²) < 4.78 is 0. The number of likely N-dealkylation sites (tertiary alicyclic amines) is 1. The van der Waals surface area contributed by atoms with Gasteiger partial charge in [-0.1, -0.05) is 89.9 Å². The van der Waals surface area contributed by atoms with Crippen molar-refractivity contribution in [2.24, 2.45) is 5.92 Å². The minimum atomic E-state index is -0.164. The molecule has 0 bridgehead atoms. The molecule has 1 N–H and O–H groups in total. The molecule has 1 saturated heterocycles. The monoisotopic (exact) mass is 452 g/mol. The van der Waals surface area contributed by atoms with E-state index in [1.807, 2.05) is 54.6 Å². The number of hydrogen-bond donors (Lipinski definition) is 1. The van der Waals surface area contributed by atoms with Crippen molar-refractivity contribution in [2.75, 3.05) is 13.1 Å². The Kier molecular flexibility index (Phi) is 7.29. The van der Waals surface area contributed by atoms with Crippen molar-refractivity contribution in [3.05, 3.63) is 106 Å². The van der Waals surface area contributed by atoms with Crippen LogP contribution in [0.5, 0.6) is 0 Å². The molecule has 4 rings (SSSR count). The normalized spacial score (nSPS) is 16.9. The van der Waals surface area contributed by atoms with Crippen LogP contribution in [0.25, 0.3) is 0 Å². The number of piperidine rings is 1. The van der Waals surface area contributed by atoms with Crippen LogP contribution in [0.2, 0.25) is 10.0 Å². The van der Waals surface area contributed by atoms with Gasteiger partial charge in [0.05, 0.1) is 12.0 Å². The summed E-state index contributed by atoms with van der Waals surface area (Å²) in [5, 5.41) is 4.66. The number of nitrogens with one attached hydrogen (secondary N) is 1. The quantitative estimate of drug-likeness (QED) is 0.488. The molecule has 1 fully saturated rings. The Balaban J connectivity index is 1.47. The van der Waals surface area contributed by atoms with E-state index < -0.39 is 0 Å². The third-order valence-corrected chi connectivity index (χ3v) is 6.58. The molecule has 0 unspecified atom stereocenters. The van der Waals surface area contributed by atoms with Crippen LogP contribution in [-0.4, -0.2) is 23.9 Å². The van der Waals surface area contributed by atoms with E-state index in [0.717, 1.165) is 36.1 Å². The van der Waals surface area contributed by atoms with Gasteiger partial charge in [-0.05, 0) is 42.6 Å². The molecule has 160 valence electrons. The number of rotatable bonds is 6. The highest BCUT2D eigenvalue weighted by atomic mass is 35.5. The highest BCUT2D eigenvalue weighted by Gasteiger charge is 2.28.